The Labute approximate surface area is 125 Å². The first-order valence-electron chi connectivity index (χ1n) is 8.11. The third-order valence-electron chi connectivity index (χ3n) is 4.61. The van der Waals surface area contributed by atoms with Crippen LogP contribution in [0.2, 0.25) is 0 Å². The van der Waals surface area contributed by atoms with Crippen LogP contribution >= 0.6 is 0 Å². The first-order valence-corrected chi connectivity index (χ1v) is 8.11. The summed E-state index contributed by atoms with van der Waals surface area (Å²) in [5, 5.41) is 3.54. The summed E-state index contributed by atoms with van der Waals surface area (Å²) < 4.78 is 26.9. The molecule has 1 aromatic carbocycles. The lowest BCUT2D eigenvalue weighted by atomic mass is 9.83. The highest BCUT2D eigenvalue weighted by Gasteiger charge is 2.23. The van der Waals surface area contributed by atoms with Crippen molar-refractivity contribution in [3.05, 3.63) is 41.0 Å². The summed E-state index contributed by atoms with van der Waals surface area (Å²) in [5.41, 5.74) is 1.79. The van der Waals surface area contributed by atoms with E-state index in [9.17, 15) is 8.78 Å². The van der Waals surface area contributed by atoms with Crippen LogP contribution in [0.3, 0.4) is 0 Å². The summed E-state index contributed by atoms with van der Waals surface area (Å²) in [6.45, 7) is 0.839. The van der Waals surface area contributed by atoms with Gasteiger partial charge in [-0.2, -0.15) is 0 Å². The van der Waals surface area contributed by atoms with E-state index >= 15 is 0 Å². The van der Waals surface area contributed by atoms with Crippen LogP contribution in [-0.4, -0.2) is 12.6 Å². The van der Waals surface area contributed by atoms with E-state index in [1.807, 2.05) is 6.08 Å². The first kappa shape index (κ1) is 14.7. The topological polar surface area (TPSA) is 12.0 Å². The van der Waals surface area contributed by atoms with Gasteiger partial charge in [0.25, 0.3) is 0 Å². The number of benzene rings is 1. The van der Waals surface area contributed by atoms with Gasteiger partial charge in [-0.3, -0.25) is 0 Å². The molecule has 1 nitrogen and oxygen atoms in total. The Balaban J connectivity index is 1.79. The monoisotopic (exact) mass is 291 g/mol. The maximum absolute atomic E-state index is 13.9. The molecule has 0 unspecified atom stereocenters. The van der Waals surface area contributed by atoms with Gasteiger partial charge in [-0.05, 0) is 43.7 Å². The van der Waals surface area contributed by atoms with Crippen molar-refractivity contribution >= 4 is 6.08 Å². The summed E-state index contributed by atoms with van der Waals surface area (Å²) in [7, 11) is 0. The van der Waals surface area contributed by atoms with Gasteiger partial charge in [-0.15, -0.1) is 0 Å². The van der Waals surface area contributed by atoms with Gasteiger partial charge in [0.2, 0.25) is 0 Å². The van der Waals surface area contributed by atoms with Gasteiger partial charge in [0.05, 0.1) is 0 Å². The normalized spacial score (nSPS) is 20.8. The van der Waals surface area contributed by atoms with Crippen LogP contribution in [0.15, 0.2) is 23.8 Å². The summed E-state index contributed by atoms with van der Waals surface area (Å²) in [4.78, 5) is 0. The van der Waals surface area contributed by atoms with Crippen LogP contribution in [0.1, 0.15) is 50.5 Å². The third-order valence-corrected chi connectivity index (χ3v) is 4.61. The lowest BCUT2D eigenvalue weighted by molar-refractivity contribution is 0.396. The fourth-order valence-corrected chi connectivity index (χ4v) is 3.15. The van der Waals surface area contributed by atoms with Crippen LogP contribution in [0.5, 0.6) is 0 Å². The molecule has 0 spiro atoms. The molecule has 0 amide bonds. The number of halogens is 2. The van der Waals surface area contributed by atoms with Crippen LogP contribution in [-0.2, 0) is 0 Å². The lowest BCUT2D eigenvalue weighted by Crippen LogP contribution is -2.24. The number of hydrogen-bond donors (Lipinski definition) is 1. The van der Waals surface area contributed by atoms with Crippen LogP contribution in [0.25, 0.3) is 6.08 Å². The van der Waals surface area contributed by atoms with Gasteiger partial charge >= 0.3 is 0 Å². The van der Waals surface area contributed by atoms with E-state index in [4.69, 9.17) is 0 Å². The summed E-state index contributed by atoms with van der Waals surface area (Å²) in [6.07, 6.45) is 10.7. The van der Waals surface area contributed by atoms with E-state index in [1.165, 1.54) is 56.6 Å². The standard InChI is InChI=1S/C18H23F2N/c19-16-7-6-14(18(20)11-16)10-15(12-21-17-8-9-17)13-4-2-1-3-5-13/h6-7,10-11,13,17,21H,1-5,8-9,12H2/b15-10-. The van der Waals surface area contributed by atoms with Gasteiger partial charge in [0.15, 0.2) is 0 Å². The Bertz CT molecular complexity index is 514. The molecule has 2 aliphatic carbocycles. The molecule has 3 heteroatoms. The van der Waals surface area contributed by atoms with Gasteiger partial charge in [0, 0.05) is 24.2 Å². The molecule has 0 saturated heterocycles. The van der Waals surface area contributed by atoms with Crippen molar-refractivity contribution in [1.29, 1.82) is 0 Å². The molecular formula is C18H23F2N. The first-order chi connectivity index (χ1) is 10.2. The van der Waals surface area contributed by atoms with E-state index < -0.39 is 11.6 Å². The van der Waals surface area contributed by atoms with Crippen molar-refractivity contribution < 1.29 is 8.78 Å². The van der Waals surface area contributed by atoms with Gasteiger partial charge in [0.1, 0.15) is 11.6 Å². The predicted octanol–water partition coefficient (Wildman–Crippen LogP) is 4.68. The highest BCUT2D eigenvalue weighted by atomic mass is 19.1. The molecule has 1 N–H and O–H groups in total. The third kappa shape index (κ3) is 4.13. The fraction of sp³-hybridized carbons (Fsp3) is 0.556. The molecule has 3 rings (SSSR count). The number of rotatable bonds is 5. The molecule has 0 aromatic heterocycles. The highest BCUT2D eigenvalue weighted by Crippen LogP contribution is 2.31. The zero-order valence-electron chi connectivity index (χ0n) is 12.4. The minimum Gasteiger partial charge on any atom is -0.310 e. The maximum Gasteiger partial charge on any atom is 0.133 e. The predicted molar refractivity (Wildman–Crippen MR) is 81.9 cm³/mol. The molecule has 2 aliphatic rings. The minimum atomic E-state index is -0.514. The zero-order valence-corrected chi connectivity index (χ0v) is 12.4. The average molecular weight is 291 g/mol. The Morgan fingerprint density at radius 2 is 1.86 bits per heavy atom. The van der Waals surface area contributed by atoms with Crippen LogP contribution in [0.4, 0.5) is 8.78 Å². The Hall–Kier alpha value is -1.22. The second-order valence-electron chi connectivity index (χ2n) is 6.38. The molecule has 2 fully saturated rings. The molecular weight excluding hydrogens is 268 g/mol. The Kier molecular flexibility index (Phi) is 4.69. The van der Waals surface area contributed by atoms with Gasteiger partial charge < -0.3 is 5.32 Å². The number of hydrogen-bond acceptors (Lipinski definition) is 1. The molecule has 2 saturated carbocycles. The molecule has 0 bridgehead atoms. The fourth-order valence-electron chi connectivity index (χ4n) is 3.15. The molecule has 0 aliphatic heterocycles. The molecule has 0 heterocycles. The maximum atomic E-state index is 13.9. The quantitative estimate of drug-likeness (QED) is 0.830. The van der Waals surface area contributed by atoms with Crippen molar-refractivity contribution in [3.63, 3.8) is 0 Å². The van der Waals surface area contributed by atoms with Crippen molar-refractivity contribution in [2.45, 2.75) is 51.0 Å². The van der Waals surface area contributed by atoms with Gasteiger partial charge in [-0.1, -0.05) is 30.9 Å². The average Bonchev–Trinajstić information content (AvgIpc) is 3.31. The second kappa shape index (κ2) is 6.69. The molecule has 0 atom stereocenters. The number of nitrogens with one attached hydrogen (secondary N) is 1. The SMILES string of the molecule is Fc1ccc(/C=C(/CNC2CC2)C2CCCCC2)c(F)c1. The molecule has 21 heavy (non-hydrogen) atoms. The summed E-state index contributed by atoms with van der Waals surface area (Å²) >= 11 is 0. The lowest BCUT2D eigenvalue weighted by Gasteiger charge is -2.25. The molecule has 1 aromatic rings. The van der Waals surface area contributed by atoms with Crippen molar-refractivity contribution in [3.8, 4) is 0 Å². The zero-order chi connectivity index (χ0) is 14.7. The largest absolute Gasteiger partial charge is 0.310 e. The van der Waals surface area contributed by atoms with Crippen LogP contribution < -0.4 is 5.32 Å². The Morgan fingerprint density at radius 3 is 2.52 bits per heavy atom. The Morgan fingerprint density at radius 1 is 1.10 bits per heavy atom. The van der Waals surface area contributed by atoms with Crippen molar-refractivity contribution in [1.82, 2.24) is 5.32 Å². The van der Waals surface area contributed by atoms with Gasteiger partial charge in [-0.25, -0.2) is 8.78 Å². The van der Waals surface area contributed by atoms with E-state index in [2.05, 4.69) is 5.32 Å². The van der Waals surface area contributed by atoms with E-state index in [0.29, 0.717) is 17.5 Å². The smallest absolute Gasteiger partial charge is 0.133 e. The van der Waals surface area contributed by atoms with E-state index in [1.54, 1.807) is 6.07 Å². The second-order valence-corrected chi connectivity index (χ2v) is 6.38. The highest BCUT2D eigenvalue weighted by molar-refractivity contribution is 5.54. The van der Waals surface area contributed by atoms with E-state index in [-0.39, 0.29) is 0 Å². The van der Waals surface area contributed by atoms with Crippen molar-refractivity contribution in [2.24, 2.45) is 5.92 Å². The summed E-state index contributed by atoms with van der Waals surface area (Å²) in [6, 6.07) is 4.50. The minimum absolute atomic E-state index is 0.463. The van der Waals surface area contributed by atoms with Crippen LogP contribution in [0, 0.1) is 17.6 Å². The molecule has 114 valence electrons. The molecule has 0 radical (unpaired) electrons. The summed E-state index contributed by atoms with van der Waals surface area (Å²) in [5.74, 6) is -0.427. The van der Waals surface area contributed by atoms with E-state index in [0.717, 1.165) is 12.6 Å². The van der Waals surface area contributed by atoms with Crippen molar-refractivity contribution in [2.75, 3.05) is 6.54 Å².